The topological polar surface area (TPSA) is 18.5 Å². The number of rotatable bonds is 1. The molecule has 1 aromatic carbocycles. The molecule has 1 aliphatic carbocycles. The van der Waals surface area contributed by atoms with Crippen molar-refractivity contribution in [3.8, 4) is 0 Å². The van der Waals surface area contributed by atoms with E-state index in [4.69, 9.17) is 9.31 Å². The zero-order valence-electron chi connectivity index (χ0n) is 11.7. The third-order valence-corrected chi connectivity index (χ3v) is 4.74. The summed E-state index contributed by atoms with van der Waals surface area (Å²) in [6.07, 6.45) is 2.15. The Balaban J connectivity index is 1.77. The van der Waals surface area contributed by atoms with Gasteiger partial charge in [-0.3, -0.25) is 0 Å². The highest BCUT2D eigenvalue weighted by molar-refractivity contribution is 6.47. The standard InChI is InChI=1S/C15H21BO2/c1-14(2)15(3,4)18-16(17-14)13-9-11-7-5-6-8-12(11)10-13/h5-8,13H,9-10H2,1-4H3. The van der Waals surface area contributed by atoms with E-state index in [1.54, 1.807) is 0 Å². The molecular weight excluding hydrogens is 223 g/mol. The monoisotopic (exact) mass is 244 g/mol. The van der Waals surface area contributed by atoms with Crippen LogP contribution in [0.4, 0.5) is 0 Å². The first-order chi connectivity index (χ1) is 8.39. The van der Waals surface area contributed by atoms with Crippen LogP contribution in [0.15, 0.2) is 24.3 Å². The zero-order chi connectivity index (χ0) is 13.0. The second-order valence-corrected chi connectivity index (χ2v) is 6.56. The molecule has 3 heteroatoms. The summed E-state index contributed by atoms with van der Waals surface area (Å²) in [4.78, 5) is 0. The molecule has 0 N–H and O–H groups in total. The maximum atomic E-state index is 6.16. The first kappa shape index (κ1) is 12.2. The van der Waals surface area contributed by atoms with Crippen molar-refractivity contribution in [1.29, 1.82) is 0 Å². The highest BCUT2D eigenvalue weighted by atomic mass is 16.7. The van der Waals surface area contributed by atoms with Gasteiger partial charge in [-0.15, -0.1) is 0 Å². The van der Waals surface area contributed by atoms with Gasteiger partial charge in [0.2, 0.25) is 0 Å². The van der Waals surface area contributed by atoms with Crippen molar-refractivity contribution in [3.05, 3.63) is 35.4 Å². The minimum Gasteiger partial charge on any atom is -0.403 e. The van der Waals surface area contributed by atoms with Crippen molar-refractivity contribution in [2.45, 2.75) is 57.6 Å². The minimum absolute atomic E-state index is 0.0672. The second-order valence-electron chi connectivity index (χ2n) is 6.56. The van der Waals surface area contributed by atoms with Gasteiger partial charge in [-0.05, 0) is 51.7 Å². The third kappa shape index (κ3) is 1.81. The van der Waals surface area contributed by atoms with Gasteiger partial charge in [0.25, 0.3) is 0 Å². The number of benzene rings is 1. The smallest absolute Gasteiger partial charge is 0.403 e. The summed E-state index contributed by atoms with van der Waals surface area (Å²) in [6, 6.07) is 8.68. The fourth-order valence-electron chi connectivity index (χ4n) is 2.87. The summed E-state index contributed by atoms with van der Waals surface area (Å²) >= 11 is 0. The Hall–Kier alpha value is -0.795. The summed E-state index contributed by atoms with van der Waals surface area (Å²) < 4.78 is 12.3. The quantitative estimate of drug-likeness (QED) is 0.706. The van der Waals surface area contributed by atoms with Gasteiger partial charge in [-0.2, -0.15) is 0 Å². The van der Waals surface area contributed by atoms with E-state index in [1.807, 2.05) is 0 Å². The van der Waals surface area contributed by atoms with E-state index in [0.29, 0.717) is 5.82 Å². The number of hydrogen-bond donors (Lipinski definition) is 0. The number of fused-ring (bicyclic) bond motifs is 1. The van der Waals surface area contributed by atoms with E-state index in [-0.39, 0.29) is 18.3 Å². The molecule has 0 atom stereocenters. The Morgan fingerprint density at radius 2 is 1.39 bits per heavy atom. The van der Waals surface area contributed by atoms with Crippen LogP contribution in [0.1, 0.15) is 38.8 Å². The molecule has 0 bridgehead atoms. The van der Waals surface area contributed by atoms with Crippen LogP contribution in [0.3, 0.4) is 0 Å². The third-order valence-electron chi connectivity index (χ3n) is 4.74. The van der Waals surface area contributed by atoms with Crippen molar-refractivity contribution < 1.29 is 9.31 Å². The first-order valence-corrected chi connectivity index (χ1v) is 6.81. The Morgan fingerprint density at radius 3 is 1.83 bits per heavy atom. The van der Waals surface area contributed by atoms with Crippen LogP contribution >= 0.6 is 0 Å². The molecular formula is C15H21BO2. The molecule has 96 valence electrons. The lowest BCUT2D eigenvalue weighted by Crippen LogP contribution is -2.41. The lowest BCUT2D eigenvalue weighted by Gasteiger charge is -2.32. The van der Waals surface area contributed by atoms with Crippen LogP contribution in [0.25, 0.3) is 0 Å². The lowest BCUT2D eigenvalue weighted by molar-refractivity contribution is 0.00578. The minimum atomic E-state index is -0.216. The van der Waals surface area contributed by atoms with E-state index < -0.39 is 0 Å². The van der Waals surface area contributed by atoms with Crippen LogP contribution in [0.2, 0.25) is 5.82 Å². The van der Waals surface area contributed by atoms with E-state index in [2.05, 4.69) is 52.0 Å². The van der Waals surface area contributed by atoms with Crippen LogP contribution in [-0.2, 0) is 22.2 Å². The van der Waals surface area contributed by atoms with Crippen LogP contribution < -0.4 is 0 Å². The molecule has 3 rings (SSSR count). The largest absolute Gasteiger partial charge is 0.461 e. The van der Waals surface area contributed by atoms with Gasteiger partial charge >= 0.3 is 7.12 Å². The Bertz CT molecular complexity index is 426. The van der Waals surface area contributed by atoms with Gasteiger partial charge in [0.05, 0.1) is 11.2 Å². The lowest BCUT2D eigenvalue weighted by atomic mass is 9.70. The fraction of sp³-hybridized carbons (Fsp3) is 0.600. The Labute approximate surface area is 110 Å². The maximum absolute atomic E-state index is 6.16. The van der Waals surface area contributed by atoms with E-state index in [9.17, 15) is 0 Å². The van der Waals surface area contributed by atoms with E-state index in [0.717, 1.165) is 12.8 Å². The fourth-order valence-corrected chi connectivity index (χ4v) is 2.87. The van der Waals surface area contributed by atoms with Crippen LogP contribution in [0.5, 0.6) is 0 Å². The van der Waals surface area contributed by atoms with E-state index >= 15 is 0 Å². The number of hydrogen-bond acceptors (Lipinski definition) is 2. The summed E-state index contributed by atoms with van der Waals surface area (Å²) in [5.74, 6) is 0.462. The van der Waals surface area contributed by atoms with Crippen molar-refractivity contribution in [2.75, 3.05) is 0 Å². The summed E-state index contributed by atoms with van der Waals surface area (Å²) in [7, 11) is -0.0672. The Morgan fingerprint density at radius 1 is 0.944 bits per heavy atom. The van der Waals surface area contributed by atoms with Crippen molar-refractivity contribution in [3.63, 3.8) is 0 Å². The first-order valence-electron chi connectivity index (χ1n) is 6.81. The Kier molecular flexibility index (Phi) is 2.62. The molecule has 1 fully saturated rings. The molecule has 0 aromatic heterocycles. The normalized spacial score (nSPS) is 25.4. The summed E-state index contributed by atoms with van der Waals surface area (Å²) in [5, 5.41) is 0. The van der Waals surface area contributed by atoms with Gasteiger partial charge in [0.15, 0.2) is 0 Å². The molecule has 0 amide bonds. The summed E-state index contributed by atoms with van der Waals surface area (Å²) in [5.41, 5.74) is 2.48. The van der Waals surface area contributed by atoms with Gasteiger partial charge < -0.3 is 9.31 Å². The molecule has 1 heterocycles. The predicted octanol–water partition coefficient (Wildman–Crippen LogP) is 3.25. The maximum Gasteiger partial charge on any atom is 0.461 e. The molecule has 1 saturated heterocycles. The molecule has 1 aromatic rings. The highest BCUT2D eigenvalue weighted by Crippen LogP contribution is 2.43. The molecule has 18 heavy (non-hydrogen) atoms. The van der Waals surface area contributed by atoms with Crippen LogP contribution in [-0.4, -0.2) is 18.3 Å². The van der Waals surface area contributed by atoms with Crippen molar-refractivity contribution in [2.24, 2.45) is 0 Å². The molecule has 0 radical (unpaired) electrons. The van der Waals surface area contributed by atoms with Gasteiger partial charge in [0, 0.05) is 5.82 Å². The molecule has 2 aliphatic rings. The highest BCUT2D eigenvalue weighted by Gasteiger charge is 2.54. The average molecular weight is 244 g/mol. The average Bonchev–Trinajstić information content (AvgIpc) is 2.78. The van der Waals surface area contributed by atoms with Crippen LogP contribution in [0, 0.1) is 0 Å². The SMILES string of the molecule is CC1(C)OB(C2Cc3ccccc3C2)OC1(C)C. The molecule has 0 unspecified atom stereocenters. The zero-order valence-corrected chi connectivity index (χ0v) is 11.7. The van der Waals surface area contributed by atoms with Crippen molar-refractivity contribution in [1.82, 2.24) is 0 Å². The predicted molar refractivity (Wildman–Crippen MR) is 73.7 cm³/mol. The van der Waals surface area contributed by atoms with Gasteiger partial charge in [-0.25, -0.2) is 0 Å². The van der Waals surface area contributed by atoms with Crippen molar-refractivity contribution >= 4 is 7.12 Å². The second kappa shape index (κ2) is 3.85. The molecule has 0 spiro atoms. The molecule has 2 nitrogen and oxygen atoms in total. The molecule has 0 saturated carbocycles. The molecule has 1 aliphatic heterocycles. The van der Waals surface area contributed by atoms with Gasteiger partial charge in [-0.1, -0.05) is 24.3 Å². The van der Waals surface area contributed by atoms with E-state index in [1.165, 1.54) is 11.1 Å². The summed E-state index contributed by atoms with van der Waals surface area (Å²) in [6.45, 7) is 8.48. The van der Waals surface area contributed by atoms with Gasteiger partial charge in [0.1, 0.15) is 0 Å².